The van der Waals surface area contributed by atoms with Crippen molar-refractivity contribution in [2.24, 2.45) is 0 Å². The van der Waals surface area contributed by atoms with E-state index >= 15 is 0 Å². The van der Waals surface area contributed by atoms with Gasteiger partial charge in [0.2, 0.25) is 5.88 Å². The highest BCUT2D eigenvalue weighted by Crippen LogP contribution is 2.27. The zero-order valence-corrected chi connectivity index (χ0v) is 14.8. The van der Waals surface area contributed by atoms with E-state index in [1.54, 1.807) is 18.2 Å². The molecule has 0 fully saturated rings. The third-order valence-electron chi connectivity index (χ3n) is 4.38. The van der Waals surface area contributed by atoms with Crippen molar-refractivity contribution in [2.45, 2.75) is 6.54 Å². The summed E-state index contributed by atoms with van der Waals surface area (Å²) < 4.78 is 35.8. The molecule has 3 heterocycles. The van der Waals surface area contributed by atoms with Gasteiger partial charge in [-0.05, 0) is 35.4 Å². The first-order chi connectivity index (χ1) is 13.6. The fourth-order valence-corrected chi connectivity index (χ4v) is 2.95. The Labute approximate surface area is 158 Å². The number of fused-ring (bicyclic) bond motifs is 1. The topological polar surface area (TPSA) is 69.9 Å². The zero-order valence-electron chi connectivity index (χ0n) is 14.8. The monoisotopic (exact) mass is 380 g/mol. The van der Waals surface area contributed by atoms with Gasteiger partial charge in [0.25, 0.3) is 5.56 Å². The number of methoxy groups -OCH3 is 1. The van der Waals surface area contributed by atoms with Gasteiger partial charge < -0.3 is 4.74 Å². The number of hydrogen-bond acceptors (Lipinski definition) is 5. The van der Waals surface area contributed by atoms with Gasteiger partial charge in [-0.1, -0.05) is 0 Å². The van der Waals surface area contributed by atoms with Crippen molar-refractivity contribution in [1.82, 2.24) is 19.5 Å². The van der Waals surface area contributed by atoms with Crippen LogP contribution in [0.15, 0.2) is 59.9 Å². The van der Waals surface area contributed by atoms with Gasteiger partial charge in [-0.2, -0.15) is 0 Å². The molecule has 4 rings (SSSR count). The van der Waals surface area contributed by atoms with Crippen molar-refractivity contribution in [1.29, 1.82) is 0 Å². The molecule has 140 valence electrons. The fourth-order valence-electron chi connectivity index (χ4n) is 2.95. The SMILES string of the molecule is COc1cc(-c2cc(F)c(Cn3c(=O)cnc4ccncc43)c(F)c2)ccn1. The second kappa shape index (κ2) is 7.15. The van der Waals surface area contributed by atoms with Crippen molar-refractivity contribution in [3.63, 3.8) is 0 Å². The van der Waals surface area contributed by atoms with E-state index in [9.17, 15) is 13.6 Å². The minimum atomic E-state index is -0.758. The quantitative estimate of drug-likeness (QED) is 0.544. The molecule has 0 atom stereocenters. The minimum Gasteiger partial charge on any atom is -0.481 e. The number of aromatic nitrogens is 4. The van der Waals surface area contributed by atoms with Gasteiger partial charge in [-0.25, -0.2) is 18.7 Å². The Bertz CT molecular complexity index is 1220. The van der Waals surface area contributed by atoms with Gasteiger partial charge in [0.15, 0.2) is 0 Å². The molecule has 4 aromatic rings. The molecular weight excluding hydrogens is 366 g/mol. The molecule has 3 aromatic heterocycles. The van der Waals surface area contributed by atoms with Crippen molar-refractivity contribution < 1.29 is 13.5 Å². The number of halogens is 2. The molecule has 6 nitrogen and oxygen atoms in total. The predicted octanol–water partition coefficient (Wildman–Crippen LogP) is 3.19. The summed E-state index contributed by atoms with van der Waals surface area (Å²) in [6.07, 6.45) is 5.59. The van der Waals surface area contributed by atoms with E-state index in [0.717, 1.165) is 6.20 Å². The van der Waals surface area contributed by atoms with Crippen LogP contribution in [0.2, 0.25) is 0 Å². The number of hydrogen-bond donors (Lipinski definition) is 0. The zero-order chi connectivity index (χ0) is 19.7. The van der Waals surface area contributed by atoms with Crippen LogP contribution in [0.25, 0.3) is 22.2 Å². The van der Waals surface area contributed by atoms with E-state index in [4.69, 9.17) is 4.74 Å². The third-order valence-corrected chi connectivity index (χ3v) is 4.38. The molecule has 0 N–H and O–H groups in total. The Morgan fingerprint density at radius 3 is 2.54 bits per heavy atom. The van der Waals surface area contributed by atoms with E-state index in [0.29, 0.717) is 28.0 Å². The number of ether oxygens (including phenoxy) is 1. The van der Waals surface area contributed by atoms with E-state index < -0.39 is 17.2 Å². The summed E-state index contributed by atoms with van der Waals surface area (Å²) in [7, 11) is 1.46. The average molecular weight is 380 g/mol. The van der Waals surface area contributed by atoms with E-state index in [-0.39, 0.29) is 12.1 Å². The number of rotatable bonds is 4. The number of benzene rings is 1. The Kier molecular flexibility index (Phi) is 4.52. The highest BCUT2D eigenvalue weighted by atomic mass is 19.1. The number of nitrogens with zero attached hydrogens (tertiary/aromatic N) is 4. The Hall–Kier alpha value is -3.68. The average Bonchev–Trinajstić information content (AvgIpc) is 2.72. The normalized spacial score (nSPS) is 11.0. The van der Waals surface area contributed by atoms with Crippen LogP contribution >= 0.6 is 0 Å². The Morgan fingerprint density at radius 2 is 1.79 bits per heavy atom. The molecule has 0 aliphatic rings. The summed E-state index contributed by atoms with van der Waals surface area (Å²) in [6.45, 7) is -0.277. The Balaban J connectivity index is 1.78. The molecule has 0 bridgehead atoms. The summed E-state index contributed by atoms with van der Waals surface area (Å²) in [6, 6.07) is 7.28. The van der Waals surface area contributed by atoms with Crippen molar-refractivity contribution in [2.75, 3.05) is 7.11 Å². The summed E-state index contributed by atoms with van der Waals surface area (Å²) in [5.74, 6) is -1.18. The molecule has 0 saturated carbocycles. The van der Waals surface area contributed by atoms with Gasteiger partial charge in [0.1, 0.15) is 11.6 Å². The second-order valence-electron chi connectivity index (χ2n) is 6.05. The molecule has 28 heavy (non-hydrogen) atoms. The highest BCUT2D eigenvalue weighted by Gasteiger charge is 2.15. The molecular formula is C20H14F2N4O2. The van der Waals surface area contributed by atoms with Gasteiger partial charge in [-0.3, -0.25) is 14.3 Å². The smallest absolute Gasteiger partial charge is 0.269 e. The third kappa shape index (κ3) is 3.20. The minimum absolute atomic E-state index is 0.219. The van der Waals surface area contributed by atoms with Crippen LogP contribution in [0.4, 0.5) is 8.78 Å². The predicted molar refractivity (Wildman–Crippen MR) is 99.0 cm³/mol. The van der Waals surface area contributed by atoms with Crippen molar-refractivity contribution in [3.8, 4) is 17.0 Å². The molecule has 1 aromatic carbocycles. The van der Waals surface area contributed by atoms with Crippen LogP contribution in [-0.2, 0) is 6.54 Å². The van der Waals surface area contributed by atoms with Crippen LogP contribution in [-0.4, -0.2) is 26.6 Å². The van der Waals surface area contributed by atoms with Crippen LogP contribution in [0.1, 0.15) is 5.56 Å². The fraction of sp³-hybridized carbons (Fsp3) is 0.100. The lowest BCUT2D eigenvalue weighted by molar-refractivity contribution is 0.398. The molecule has 0 aliphatic heterocycles. The van der Waals surface area contributed by atoms with Crippen LogP contribution < -0.4 is 10.3 Å². The lowest BCUT2D eigenvalue weighted by Gasteiger charge is -2.12. The summed E-state index contributed by atoms with van der Waals surface area (Å²) in [5.41, 5.74) is 1.12. The van der Waals surface area contributed by atoms with Crippen LogP contribution in [0, 0.1) is 11.6 Å². The number of pyridine rings is 2. The van der Waals surface area contributed by atoms with Gasteiger partial charge in [-0.15, -0.1) is 0 Å². The van der Waals surface area contributed by atoms with Crippen LogP contribution in [0.3, 0.4) is 0 Å². The molecule has 0 aliphatic carbocycles. The van der Waals surface area contributed by atoms with E-state index in [1.807, 2.05) is 0 Å². The summed E-state index contributed by atoms with van der Waals surface area (Å²) >= 11 is 0. The lowest BCUT2D eigenvalue weighted by atomic mass is 10.0. The highest BCUT2D eigenvalue weighted by molar-refractivity contribution is 5.73. The van der Waals surface area contributed by atoms with E-state index in [2.05, 4.69) is 15.0 Å². The summed E-state index contributed by atoms with van der Waals surface area (Å²) in [4.78, 5) is 24.2. The first-order valence-corrected chi connectivity index (χ1v) is 8.34. The largest absolute Gasteiger partial charge is 0.481 e. The van der Waals surface area contributed by atoms with E-state index in [1.165, 1.54) is 42.4 Å². The van der Waals surface area contributed by atoms with Gasteiger partial charge in [0.05, 0.1) is 37.1 Å². The summed E-state index contributed by atoms with van der Waals surface area (Å²) in [5, 5.41) is 0. The molecule has 0 spiro atoms. The Morgan fingerprint density at radius 1 is 1.00 bits per heavy atom. The maximum atomic E-state index is 14.8. The molecule has 0 saturated heterocycles. The van der Waals surface area contributed by atoms with Gasteiger partial charge in [0, 0.05) is 24.0 Å². The molecule has 8 heteroatoms. The first kappa shape index (κ1) is 17.7. The standard InChI is InChI=1S/C20H14F2N4O2/c1-28-19-8-12(2-5-24-19)13-6-15(21)14(16(22)7-13)11-26-18-9-23-4-3-17(18)25-10-20(26)27/h2-10H,11H2,1H3. The maximum Gasteiger partial charge on any atom is 0.269 e. The van der Waals surface area contributed by atoms with Crippen LogP contribution in [0.5, 0.6) is 5.88 Å². The first-order valence-electron chi connectivity index (χ1n) is 8.34. The maximum absolute atomic E-state index is 14.8. The van der Waals surface area contributed by atoms with Gasteiger partial charge >= 0.3 is 0 Å². The second-order valence-corrected chi connectivity index (χ2v) is 6.05. The lowest BCUT2D eigenvalue weighted by Crippen LogP contribution is -2.22. The molecule has 0 radical (unpaired) electrons. The van der Waals surface area contributed by atoms with Crippen molar-refractivity contribution in [3.05, 3.63) is 82.7 Å². The van der Waals surface area contributed by atoms with Crippen molar-refractivity contribution >= 4 is 11.0 Å². The molecule has 0 amide bonds. The molecule has 0 unspecified atom stereocenters.